The van der Waals surface area contributed by atoms with Gasteiger partial charge in [-0.25, -0.2) is 23.1 Å². The van der Waals surface area contributed by atoms with Crippen LogP contribution in [0.25, 0.3) is 11.0 Å². The van der Waals surface area contributed by atoms with Gasteiger partial charge in [0, 0.05) is 68.2 Å². The molecule has 3 aromatic heterocycles. The van der Waals surface area contributed by atoms with Crippen LogP contribution in [0.5, 0.6) is 11.5 Å². The van der Waals surface area contributed by atoms with Crippen molar-refractivity contribution in [2.75, 3.05) is 42.9 Å². The number of H-pyrrole nitrogens is 1. The molecule has 14 nitrogen and oxygen atoms in total. The van der Waals surface area contributed by atoms with Gasteiger partial charge in [0.25, 0.3) is 15.9 Å². The molecule has 0 unspecified atom stereocenters. The number of pyridine rings is 2. The number of nitrogens with zero attached hydrogens (tertiary/aromatic N) is 5. The van der Waals surface area contributed by atoms with Crippen molar-refractivity contribution in [3.63, 3.8) is 0 Å². The Morgan fingerprint density at radius 2 is 1.71 bits per heavy atom. The zero-order chi connectivity index (χ0) is 43.3. The van der Waals surface area contributed by atoms with Crippen molar-refractivity contribution in [1.82, 2.24) is 24.6 Å². The predicted octanol–water partition coefficient (Wildman–Crippen LogP) is 9.13. The summed E-state index contributed by atoms with van der Waals surface area (Å²) in [4.78, 5) is 41.6. The number of hydrogen-bond donors (Lipinski definition) is 3. The lowest BCUT2D eigenvalue weighted by atomic mass is 9.70. The van der Waals surface area contributed by atoms with Crippen LogP contribution in [0.1, 0.15) is 111 Å². The molecule has 2 aliphatic heterocycles. The van der Waals surface area contributed by atoms with Gasteiger partial charge in [0.05, 0.1) is 22.9 Å². The monoisotopic (exact) mass is 872 g/mol. The molecule has 3 aliphatic carbocycles. The molecule has 5 aromatic rings. The van der Waals surface area contributed by atoms with Gasteiger partial charge in [-0.05, 0) is 116 Å². The maximum atomic E-state index is 14.0. The van der Waals surface area contributed by atoms with E-state index in [0.29, 0.717) is 41.7 Å². The number of nitro groups is 1. The minimum atomic E-state index is -4.59. The number of aromatic amines is 1. The predicted molar refractivity (Wildman–Crippen MR) is 242 cm³/mol. The second kappa shape index (κ2) is 16.9. The van der Waals surface area contributed by atoms with Gasteiger partial charge >= 0.3 is 5.69 Å². The van der Waals surface area contributed by atoms with Crippen molar-refractivity contribution < 1.29 is 22.9 Å². The third-order valence-corrected chi connectivity index (χ3v) is 16.0. The Morgan fingerprint density at radius 1 is 0.937 bits per heavy atom. The summed E-state index contributed by atoms with van der Waals surface area (Å²) in [6.45, 7) is 6.67. The first-order chi connectivity index (χ1) is 30.5. The molecule has 63 heavy (non-hydrogen) atoms. The van der Waals surface area contributed by atoms with Gasteiger partial charge in [0.1, 0.15) is 22.0 Å². The Kier molecular flexibility index (Phi) is 11.1. The van der Waals surface area contributed by atoms with Crippen molar-refractivity contribution in [3.05, 3.63) is 106 Å². The quantitative estimate of drug-likeness (QED) is 0.0760. The van der Waals surface area contributed by atoms with E-state index in [-0.39, 0.29) is 22.5 Å². The van der Waals surface area contributed by atoms with Crippen LogP contribution in [0.3, 0.4) is 0 Å². The molecule has 2 aromatic carbocycles. The van der Waals surface area contributed by atoms with E-state index < -0.39 is 31.4 Å². The largest absolute Gasteiger partial charge is 0.455 e. The van der Waals surface area contributed by atoms with Crippen LogP contribution >= 0.6 is 0 Å². The van der Waals surface area contributed by atoms with E-state index in [4.69, 9.17) is 4.74 Å². The summed E-state index contributed by atoms with van der Waals surface area (Å²) in [5.41, 5.74) is 4.52. The van der Waals surface area contributed by atoms with Crippen LogP contribution in [-0.2, 0) is 10.0 Å². The number of anilines is 2. The van der Waals surface area contributed by atoms with Gasteiger partial charge in [-0.15, -0.1) is 0 Å². The number of likely N-dealkylation sites (tertiary alicyclic amines) is 1. The normalized spacial score (nSPS) is 23.7. The Hall–Kier alpha value is -5.54. The molecule has 0 bridgehead atoms. The van der Waals surface area contributed by atoms with Crippen LogP contribution in [0.2, 0.25) is 0 Å². The van der Waals surface area contributed by atoms with Crippen molar-refractivity contribution in [3.8, 4) is 11.5 Å². The Bertz CT molecular complexity index is 2620. The van der Waals surface area contributed by atoms with Gasteiger partial charge in [-0.2, -0.15) is 0 Å². The summed E-state index contributed by atoms with van der Waals surface area (Å²) in [6, 6.07) is 19.6. The van der Waals surface area contributed by atoms with Crippen molar-refractivity contribution >= 4 is 44.2 Å². The van der Waals surface area contributed by atoms with Crippen LogP contribution in [0.15, 0.2) is 84.1 Å². The Morgan fingerprint density at radius 3 is 2.48 bits per heavy atom. The Balaban J connectivity index is 0.836. The zero-order valence-corrected chi connectivity index (χ0v) is 36.6. The second-order valence-corrected chi connectivity index (χ2v) is 20.7. The number of aromatic nitrogens is 3. The molecule has 15 heteroatoms. The van der Waals surface area contributed by atoms with E-state index in [2.05, 4.69) is 66.0 Å². The van der Waals surface area contributed by atoms with Crippen LogP contribution in [-0.4, -0.2) is 77.9 Å². The number of carbonyl (C=O) groups is 1. The molecule has 3 saturated carbocycles. The fourth-order valence-corrected chi connectivity index (χ4v) is 11.8. The molecule has 330 valence electrons. The molecule has 5 heterocycles. The third-order valence-electron chi connectivity index (χ3n) is 14.7. The molecule has 5 aliphatic rings. The Labute approximate surface area is 368 Å². The summed E-state index contributed by atoms with van der Waals surface area (Å²) in [5.74, 6) is 1.97. The number of carbonyl (C=O) groups excluding carboxylic acids is 1. The number of rotatable bonds is 13. The SMILES string of the molecule is C[C@H]1CC[C@@H](CNc2ncc(S(=O)(=O)NC(=O)c3ccc(N4CCC5(CC4)CN([C@@H]4CCC[C@H]4c4ccccc4C4CC4)C5)cc3Oc3cnc4[nH]ccc4c3)cc2[N+](=O)[O-])CC1. The molecular weight excluding hydrogens is 817 g/mol. The van der Waals surface area contributed by atoms with Crippen molar-refractivity contribution in [2.45, 2.75) is 100 Å². The molecule has 0 radical (unpaired) electrons. The van der Waals surface area contributed by atoms with Gasteiger partial charge in [0.15, 0.2) is 0 Å². The first kappa shape index (κ1) is 41.5. The second-order valence-electron chi connectivity index (χ2n) is 19.0. The van der Waals surface area contributed by atoms with Gasteiger partial charge in [-0.3, -0.25) is 19.8 Å². The number of hydrogen-bond acceptors (Lipinski definition) is 11. The first-order valence-corrected chi connectivity index (χ1v) is 24.3. The molecule has 5 fully saturated rings. The lowest BCUT2D eigenvalue weighted by Crippen LogP contribution is -2.63. The average molecular weight is 873 g/mol. The molecular formula is C48H56N8O6S. The number of sulfonamides is 1. The number of nitrogens with one attached hydrogen (secondary N) is 3. The fourth-order valence-electron chi connectivity index (χ4n) is 10.9. The molecule has 2 saturated heterocycles. The minimum absolute atomic E-state index is 0.00538. The highest BCUT2D eigenvalue weighted by atomic mass is 32.2. The molecule has 2 atom stereocenters. The summed E-state index contributed by atoms with van der Waals surface area (Å²) < 4.78 is 35.9. The molecule has 1 spiro atoms. The van der Waals surface area contributed by atoms with Crippen LogP contribution < -0.4 is 19.7 Å². The van der Waals surface area contributed by atoms with E-state index >= 15 is 0 Å². The van der Waals surface area contributed by atoms with E-state index in [9.17, 15) is 23.3 Å². The minimum Gasteiger partial charge on any atom is -0.455 e. The fraction of sp³-hybridized carbons (Fsp3) is 0.479. The number of ether oxygens (including phenoxy) is 1. The third kappa shape index (κ3) is 8.61. The van der Waals surface area contributed by atoms with E-state index in [1.54, 1.807) is 41.7 Å². The summed E-state index contributed by atoms with van der Waals surface area (Å²) in [6.07, 6.45) is 17.2. The van der Waals surface area contributed by atoms with Crippen molar-refractivity contribution in [1.29, 1.82) is 0 Å². The van der Waals surface area contributed by atoms with Gasteiger partial charge in [0.2, 0.25) is 5.82 Å². The lowest BCUT2D eigenvalue weighted by Gasteiger charge is -2.57. The van der Waals surface area contributed by atoms with Crippen LogP contribution in [0.4, 0.5) is 17.2 Å². The number of benzene rings is 2. The smallest absolute Gasteiger partial charge is 0.312 e. The summed E-state index contributed by atoms with van der Waals surface area (Å²) in [7, 11) is -4.59. The van der Waals surface area contributed by atoms with Crippen LogP contribution in [0, 0.1) is 27.4 Å². The molecule has 1 amide bonds. The molecule has 10 rings (SSSR count). The van der Waals surface area contributed by atoms with E-state index in [1.807, 2.05) is 12.1 Å². The first-order valence-electron chi connectivity index (χ1n) is 22.8. The average Bonchev–Trinajstić information content (AvgIpc) is 3.82. The highest BCUT2D eigenvalue weighted by molar-refractivity contribution is 7.90. The topological polar surface area (TPSA) is 176 Å². The molecule has 3 N–H and O–H groups in total. The standard InChI is InChI=1S/C48H56N8O6S/c1-31-9-11-32(12-10-31)26-50-46-43(56(58)59)25-37(28-52-46)63(60,61)53-47(57)41-16-15-35(24-44(41)62-36-23-34-17-20-49-45(34)51-27-36)54-21-18-48(19-22-54)29-55(30-48)42-8-4-7-40(42)39-6-3-2-5-38(39)33-13-14-33/h2-3,5-6,15-17,20,23-25,27-28,31-33,40,42H,4,7-14,18-19,21-22,26,29-30H2,1H3,(H,49,51)(H,50,52)(H,53,57)/t31-,32+,40-,42+/m0/s1. The van der Waals surface area contributed by atoms with Gasteiger partial charge in [-0.1, -0.05) is 50.5 Å². The maximum absolute atomic E-state index is 14.0. The highest BCUT2D eigenvalue weighted by Gasteiger charge is 2.49. The highest BCUT2D eigenvalue weighted by Crippen LogP contribution is 2.51. The van der Waals surface area contributed by atoms with E-state index in [1.165, 1.54) is 32.1 Å². The number of amides is 1. The maximum Gasteiger partial charge on any atom is 0.312 e. The zero-order valence-electron chi connectivity index (χ0n) is 35.8. The van der Waals surface area contributed by atoms with Gasteiger partial charge < -0.3 is 19.9 Å². The summed E-state index contributed by atoms with van der Waals surface area (Å²) in [5, 5.41) is 16.0. The number of piperidine rings is 1. The number of fused-ring (bicyclic) bond motifs is 1. The summed E-state index contributed by atoms with van der Waals surface area (Å²) >= 11 is 0. The lowest BCUT2D eigenvalue weighted by molar-refractivity contribution is -0.384. The van der Waals surface area contributed by atoms with E-state index in [0.717, 1.165) is 94.0 Å². The van der Waals surface area contributed by atoms with Crippen molar-refractivity contribution in [2.24, 2.45) is 17.3 Å².